The molecule has 1 aromatic carbocycles. The Labute approximate surface area is 115 Å². The average Bonchev–Trinajstić information content (AvgIpc) is 2.31. The maximum absolute atomic E-state index is 12.2. The van der Waals surface area contributed by atoms with Crippen molar-refractivity contribution in [2.45, 2.75) is 13.3 Å². The summed E-state index contributed by atoms with van der Waals surface area (Å²) in [6.07, 6.45) is 2.61. The fourth-order valence-electron chi connectivity index (χ4n) is 1.53. The molecule has 0 aromatic heterocycles. The number of amides is 1. The number of benzene rings is 1. The lowest BCUT2D eigenvalue weighted by molar-refractivity contribution is 0.0773. The van der Waals surface area contributed by atoms with Crippen molar-refractivity contribution in [2.75, 3.05) is 13.1 Å². The number of carbonyl (C=O) groups is 1. The van der Waals surface area contributed by atoms with Crippen molar-refractivity contribution < 1.29 is 9.90 Å². The molecular weight excluding hydrogens is 329 g/mol. The third-order valence-electron chi connectivity index (χ3n) is 2.32. The highest BCUT2D eigenvalue weighted by Gasteiger charge is 2.14. The molecular formula is C13H16INO2. The molecule has 4 heteroatoms. The number of rotatable bonds is 5. The first-order valence-electron chi connectivity index (χ1n) is 5.48. The van der Waals surface area contributed by atoms with E-state index in [1.807, 2.05) is 29.5 Å². The molecule has 0 unspecified atom stereocenters. The molecule has 0 spiro atoms. The Morgan fingerprint density at radius 2 is 2.29 bits per heavy atom. The summed E-state index contributed by atoms with van der Waals surface area (Å²) in [6, 6.07) is 4.98. The molecule has 0 saturated carbocycles. The van der Waals surface area contributed by atoms with E-state index in [1.54, 1.807) is 23.1 Å². The molecule has 0 bridgehead atoms. The first kappa shape index (κ1) is 14.0. The van der Waals surface area contributed by atoms with E-state index in [0.29, 0.717) is 18.7 Å². The van der Waals surface area contributed by atoms with Crippen LogP contribution in [0, 0.1) is 3.57 Å². The minimum absolute atomic E-state index is 0.0709. The Morgan fingerprint density at radius 1 is 1.59 bits per heavy atom. The number of hydrogen-bond donors (Lipinski definition) is 1. The molecule has 1 amide bonds. The van der Waals surface area contributed by atoms with Crippen LogP contribution in [-0.4, -0.2) is 29.0 Å². The van der Waals surface area contributed by atoms with E-state index in [1.165, 1.54) is 6.07 Å². The van der Waals surface area contributed by atoms with Crippen molar-refractivity contribution in [3.63, 3.8) is 0 Å². The first-order valence-corrected chi connectivity index (χ1v) is 6.56. The van der Waals surface area contributed by atoms with Crippen LogP contribution in [0.5, 0.6) is 5.75 Å². The van der Waals surface area contributed by atoms with Crippen LogP contribution in [0.4, 0.5) is 0 Å². The molecule has 17 heavy (non-hydrogen) atoms. The Morgan fingerprint density at radius 3 is 2.82 bits per heavy atom. The molecule has 0 aliphatic heterocycles. The average molecular weight is 345 g/mol. The van der Waals surface area contributed by atoms with Gasteiger partial charge in [0.25, 0.3) is 5.91 Å². The second-order valence-corrected chi connectivity index (χ2v) is 4.87. The van der Waals surface area contributed by atoms with Gasteiger partial charge in [-0.1, -0.05) is 13.0 Å². The monoisotopic (exact) mass is 345 g/mol. The molecule has 92 valence electrons. The Hall–Kier alpha value is -1.04. The molecule has 0 saturated heterocycles. The highest BCUT2D eigenvalue weighted by Crippen LogP contribution is 2.21. The summed E-state index contributed by atoms with van der Waals surface area (Å²) < 4.78 is 0.741. The second-order valence-electron chi connectivity index (χ2n) is 3.71. The van der Waals surface area contributed by atoms with Gasteiger partial charge in [-0.3, -0.25) is 4.79 Å². The van der Waals surface area contributed by atoms with E-state index in [0.717, 1.165) is 9.99 Å². The summed E-state index contributed by atoms with van der Waals surface area (Å²) in [5.74, 6) is 0.0740. The molecule has 0 fully saturated rings. The largest absolute Gasteiger partial charge is 0.507 e. The summed E-state index contributed by atoms with van der Waals surface area (Å²) in [5, 5.41) is 9.59. The van der Waals surface area contributed by atoms with Gasteiger partial charge in [-0.15, -0.1) is 6.58 Å². The van der Waals surface area contributed by atoms with Gasteiger partial charge in [0.2, 0.25) is 0 Å². The SMILES string of the molecule is C=CCN(CCC)C(=O)c1ccc(I)c(O)c1. The van der Waals surface area contributed by atoms with Gasteiger partial charge in [0, 0.05) is 18.7 Å². The number of nitrogens with zero attached hydrogens (tertiary/aromatic N) is 1. The highest BCUT2D eigenvalue weighted by molar-refractivity contribution is 14.1. The van der Waals surface area contributed by atoms with E-state index in [-0.39, 0.29) is 11.7 Å². The van der Waals surface area contributed by atoms with Crippen LogP contribution >= 0.6 is 22.6 Å². The summed E-state index contributed by atoms with van der Waals surface area (Å²) >= 11 is 2.02. The molecule has 0 radical (unpaired) electrons. The normalized spacial score (nSPS) is 10.0. The maximum Gasteiger partial charge on any atom is 0.254 e. The van der Waals surface area contributed by atoms with Crippen molar-refractivity contribution in [3.05, 3.63) is 40.0 Å². The summed E-state index contributed by atoms with van der Waals surface area (Å²) in [6.45, 7) is 6.89. The molecule has 0 aliphatic rings. The van der Waals surface area contributed by atoms with Crippen molar-refractivity contribution in [1.29, 1.82) is 0 Å². The van der Waals surface area contributed by atoms with E-state index in [9.17, 15) is 9.90 Å². The molecule has 3 nitrogen and oxygen atoms in total. The standard InChI is InChI=1S/C13H16INO2/c1-3-7-15(8-4-2)13(17)10-5-6-11(14)12(16)9-10/h3,5-6,9,16H,1,4,7-8H2,2H3. The maximum atomic E-state index is 12.2. The quantitative estimate of drug-likeness (QED) is 0.658. The van der Waals surface area contributed by atoms with E-state index in [2.05, 4.69) is 6.58 Å². The molecule has 0 atom stereocenters. The Bertz CT molecular complexity index is 418. The van der Waals surface area contributed by atoms with E-state index in [4.69, 9.17) is 0 Å². The van der Waals surface area contributed by atoms with Crippen molar-refractivity contribution in [2.24, 2.45) is 0 Å². The van der Waals surface area contributed by atoms with Gasteiger partial charge >= 0.3 is 0 Å². The lowest BCUT2D eigenvalue weighted by Crippen LogP contribution is -2.31. The summed E-state index contributed by atoms with van der Waals surface area (Å²) in [4.78, 5) is 13.9. The fraction of sp³-hybridized carbons (Fsp3) is 0.308. The van der Waals surface area contributed by atoms with Gasteiger partial charge < -0.3 is 10.0 Å². The minimum atomic E-state index is -0.0709. The topological polar surface area (TPSA) is 40.5 Å². The second kappa shape index (κ2) is 6.64. The van der Waals surface area contributed by atoms with Crippen LogP contribution in [0.1, 0.15) is 23.7 Å². The summed E-state index contributed by atoms with van der Waals surface area (Å²) in [5.41, 5.74) is 0.512. The van der Waals surface area contributed by atoms with E-state index >= 15 is 0 Å². The van der Waals surface area contributed by atoms with Gasteiger partial charge in [-0.25, -0.2) is 0 Å². The third kappa shape index (κ3) is 3.73. The van der Waals surface area contributed by atoms with Crippen LogP contribution in [0.3, 0.4) is 0 Å². The number of phenols is 1. The Kier molecular flexibility index (Phi) is 5.47. The smallest absolute Gasteiger partial charge is 0.254 e. The van der Waals surface area contributed by atoms with Crippen LogP contribution < -0.4 is 0 Å². The lowest BCUT2D eigenvalue weighted by atomic mass is 10.2. The van der Waals surface area contributed by atoms with Crippen LogP contribution in [0.2, 0.25) is 0 Å². The number of carbonyl (C=O) groups excluding carboxylic acids is 1. The molecule has 1 N–H and O–H groups in total. The highest BCUT2D eigenvalue weighted by atomic mass is 127. The van der Waals surface area contributed by atoms with Gasteiger partial charge in [0.05, 0.1) is 3.57 Å². The molecule has 1 rings (SSSR count). The lowest BCUT2D eigenvalue weighted by Gasteiger charge is -2.20. The van der Waals surface area contributed by atoms with Crippen molar-refractivity contribution in [3.8, 4) is 5.75 Å². The predicted octanol–water partition coefficient (Wildman–Crippen LogP) is 3.04. The van der Waals surface area contributed by atoms with Gasteiger partial charge in [-0.05, 0) is 47.2 Å². The van der Waals surface area contributed by atoms with Gasteiger partial charge in [0.1, 0.15) is 5.75 Å². The van der Waals surface area contributed by atoms with Crippen LogP contribution in [0.25, 0.3) is 0 Å². The van der Waals surface area contributed by atoms with Crippen molar-refractivity contribution in [1.82, 2.24) is 4.90 Å². The zero-order valence-corrected chi connectivity index (χ0v) is 12.0. The van der Waals surface area contributed by atoms with Crippen LogP contribution in [-0.2, 0) is 0 Å². The van der Waals surface area contributed by atoms with Crippen molar-refractivity contribution >= 4 is 28.5 Å². The fourth-order valence-corrected chi connectivity index (χ4v) is 1.87. The van der Waals surface area contributed by atoms with Gasteiger partial charge in [0.15, 0.2) is 0 Å². The number of hydrogen-bond acceptors (Lipinski definition) is 2. The molecule has 0 heterocycles. The number of halogens is 1. The van der Waals surface area contributed by atoms with Gasteiger partial charge in [-0.2, -0.15) is 0 Å². The minimum Gasteiger partial charge on any atom is -0.507 e. The van der Waals surface area contributed by atoms with E-state index < -0.39 is 0 Å². The zero-order valence-electron chi connectivity index (χ0n) is 9.82. The molecule has 1 aromatic rings. The number of phenolic OH excluding ortho intramolecular Hbond substituents is 1. The zero-order chi connectivity index (χ0) is 12.8. The Balaban J connectivity index is 2.92. The van der Waals surface area contributed by atoms with Crippen LogP contribution in [0.15, 0.2) is 30.9 Å². The predicted molar refractivity (Wildman–Crippen MR) is 77.2 cm³/mol. The molecule has 0 aliphatic carbocycles. The summed E-state index contributed by atoms with van der Waals surface area (Å²) in [7, 11) is 0. The number of aromatic hydroxyl groups is 1. The third-order valence-corrected chi connectivity index (χ3v) is 3.24. The first-order chi connectivity index (χ1) is 8.10.